The number of benzene rings is 1. The zero-order valence-corrected chi connectivity index (χ0v) is 17.2. The van der Waals surface area contributed by atoms with E-state index >= 15 is 0 Å². The molecule has 1 fully saturated rings. The average molecular weight is 428 g/mol. The van der Waals surface area contributed by atoms with Crippen LogP contribution in [0.1, 0.15) is 29.6 Å². The van der Waals surface area contributed by atoms with Crippen molar-refractivity contribution in [1.29, 1.82) is 0 Å². The van der Waals surface area contributed by atoms with Crippen LogP contribution in [-0.2, 0) is 11.3 Å². The van der Waals surface area contributed by atoms with Crippen LogP contribution < -0.4 is 16.0 Å². The number of nitrogens with zero attached hydrogens (tertiary/aromatic N) is 2. The Labute approximate surface area is 177 Å². The fraction of sp³-hybridized carbons (Fsp3) is 0.421. The first-order chi connectivity index (χ1) is 12.7. The summed E-state index contributed by atoms with van der Waals surface area (Å²) in [7, 11) is 0. The van der Waals surface area contributed by atoms with Crippen LogP contribution in [0, 0.1) is 5.92 Å². The minimum absolute atomic E-state index is 0. The minimum atomic E-state index is -0.106. The summed E-state index contributed by atoms with van der Waals surface area (Å²) in [5, 5.41) is 9.18. The Morgan fingerprint density at radius 1 is 1.29 bits per heavy atom. The van der Waals surface area contributed by atoms with Gasteiger partial charge in [0.2, 0.25) is 5.91 Å². The maximum atomic E-state index is 12.4. The first kappa shape index (κ1) is 23.9. The Hall–Kier alpha value is -2.09. The Kier molecular flexibility index (Phi) is 10.6. The number of halogens is 2. The van der Waals surface area contributed by atoms with Crippen molar-refractivity contribution in [3.63, 3.8) is 0 Å². The molecular formula is C19H27Cl2N5O2. The molecule has 0 saturated carbocycles. The molecule has 7 nitrogen and oxygen atoms in total. The van der Waals surface area contributed by atoms with Crippen LogP contribution >= 0.6 is 24.8 Å². The van der Waals surface area contributed by atoms with E-state index in [4.69, 9.17) is 0 Å². The van der Waals surface area contributed by atoms with E-state index in [1.54, 1.807) is 36.8 Å². The van der Waals surface area contributed by atoms with E-state index in [1.807, 2.05) is 10.8 Å². The summed E-state index contributed by atoms with van der Waals surface area (Å²) in [6.07, 6.45) is 7.83. The van der Waals surface area contributed by atoms with E-state index in [1.165, 1.54) is 0 Å². The lowest BCUT2D eigenvalue weighted by Gasteiger charge is -2.22. The summed E-state index contributed by atoms with van der Waals surface area (Å²) in [6, 6.07) is 7.04. The number of imidazole rings is 1. The number of hydrogen-bond acceptors (Lipinski definition) is 4. The average Bonchev–Trinajstić information content (AvgIpc) is 3.19. The van der Waals surface area contributed by atoms with Gasteiger partial charge in [0, 0.05) is 43.2 Å². The number of nitrogens with one attached hydrogen (secondary N) is 3. The Balaban J connectivity index is 0.00000196. The standard InChI is InChI=1S/C19H25N5O2.2ClH/c25-18(6-9-24-10-8-21-14-24)23-17-5-1-4-16(11-17)19(26)22-13-15-3-2-7-20-12-15;;/h1,4-5,8,10-11,14-15,20H,2-3,6-7,9,12-13H2,(H,22,26)(H,23,25);2*1H. The van der Waals surface area contributed by atoms with Gasteiger partial charge in [-0.1, -0.05) is 6.07 Å². The number of rotatable bonds is 7. The van der Waals surface area contributed by atoms with Crippen LogP contribution in [-0.4, -0.2) is 41.0 Å². The van der Waals surface area contributed by atoms with Crippen LogP contribution in [0.4, 0.5) is 5.69 Å². The van der Waals surface area contributed by atoms with E-state index in [2.05, 4.69) is 20.9 Å². The van der Waals surface area contributed by atoms with Crippen molar-refractivity contribution in [3.8, 4) is 0 Å². The van der Waals surface area contributed by atoms with E-state index in [9.17, 15) is 9.59 Å². The maximum Gasteiger partial charge on any atom is 0.251 e. The van der Waals surface area contributed by atoms with Crippen LogP contribution in [0.5, 0.6) is 0 Å². The Bertz CT molecular complexity index is 734. The zero-order chi connectivity index (χ0) is 18.2. The molecule has 3 rings (SSSR count). The molecule has 1 unspecified atom stereocenters. The molecule has 0 spiro atoms. The van der Waals surface area contributed by atoms with E-state index < -0.39 is 0 Å². The second-order valence-corrected chi connectivity index (χ2v) is 6.60. The summed E-state index contributed by atoms with van der Waals surface area (Å²) < 4.78 is 1.85. The highest BCUT2D eigenvalue weighted by molar-refractivity contribution is 5.97. The zero-order valence-electron chi connectivity index (χ0n) is 15.6. The van der Waals surface area contributed by atoms with Crippen LogP contribution in [0.2, 0.25) is 0 Å². The monoisotopic (exact) mass is 427 g/mol. The third-order valence-corrected chi connectivity index (χ3v) is 4.52. The number of carbonyl (C=O) groups is 2. The van der Waals surface area contributed by atoms with Crippen molar-refractivity contribution in [3.05, 3.63) is 48.5 Å². The first-order valence-corrected chi connectivity index (χ1v) is 9.05. The van der Waals surface area contributed by atoms with Crippen molar-refractivity contribution in [1.82, 2.24) is 20.2 Å². The molecule has 28 heavy (non-hydrogen) atoms. The SMILES string of the molecule is Cl.Cl.O=C(CCn1ccnc1)Nc1cccc(C(=O)NCC2CCCNC2)c1. The van der Waals surface area contributed by atoms with Crippen molar-refractivity contribution in [2.24, 2.45) is 5.92 Å². The van der Waals surface area contributed by atoms with Crippen LogP contribution in [0.25, 0.3) is 0 Å². The minimum Gasteiger partial charge on any atom is -0.352 e. The highest BCUT2D eigenvalue weighted by Crippen LogP contribution is 2.12. The van der Waals surface area contributed by atoms with Crippen molar-refractivity contribution < 1.29 is 9.59 Å². The highest BCUT2D eigenvalue weighted by atomic mass is 35.5. The predicted octanol–water partition coefficient (Wildman–Crippen LogP) is 2.48. The van der Waals surface area contributed by atoms with Gasteiger partial charge < -0.3 is 20.5 Å². The lowest BCUT2D eigenvalue weighted by Crippen LogP contribution is -2.38. The number of amides is 2. The molecule has 1 aromatic heterocycles. The van der Waals surface area contributed by atoms with Gasteiger partial charge in [-0.05, 0) is 50.0 Å². The van der Waals surface area contributed by atoms with Gasteiger partial charge in [0.25, 0.3) is 5.91 Å². The molecule has 1 aliphatic rings. The topological polar surface area (TPSA) is 88.0 Å². The molecule has 3 N–H and O–H groups in total. The number of anilines is 1. The number of piperidine rings is 1. The quantitative estimate of drug-likeness (QED) is 0.633. The van der Waals surface area contributed by atoms with Crippen molar-refractivity contribution in [2.45, 2.75) is 25.8 Å². The predicted molar refractivity (Wildman–Crippen MR) is 114 cm³/mol. The molecule has 1 aliphatic heterocycles. The van der Waals surface area contributed by atoms with Crippen molar-refractivity contribution >= 4 is 42.3 Å². The molecule has 0 aliphatic carbocycles. The van der Waals surface area contributed by atoms with Gasteiger partial charge in [0.15, 0.2) is 0 Å². The van der Waals surface area contributed by atoms with E-state index in [-0.39, 0.29) is 36.6 Å². The van der Waals surface area contributed by atoms with Gasteiger partial charge >= 0.3 is 0 Å². The molecule has 9 heteroatoms. The van der Waals surface area contributed by atoms with Crippen LogP contribution in [0.15, 0.2) is 43.0 Å². The third-order valence-electron chi connectivity index (χ3n) is 4.52. The molecule has 0 radical (unpaired) electrons. The molecule has 1 atom stereocenters. The first-order valence-electron chi connectivity index (χ1n) is 9.05. The second-order valence-electron chi connectivity index (χ2n) is 6.60. The second kappa shape index (κ2) is 12.4. The number of aromatic nitrogens is 2. The Morgan fingerprint density at radius 3 is 2.86 bits per heavy atom. The number of hydrogen-bond donors (Lipinski definition) is 3. The molecule has 2 heterocycles. The summed E-state index contributed by atoms with van der Waals surface area (Å²) in [5.41, 5.74) is 1.19. The molecule has 1 saturated heterocycles. The summed E-state index contributed by atoms with van der Waals surface area (Å²) in [4.78, 5) is 28.4. The van der Waals surface area contributed by atoms with Gasteiger partial charge in [0.05, 0.1) is 6.33 Å². The van der Waals surface area contributed by atoms with Gasteiger partial charge in [0.1, 0.15) is 0 Å². The number of carbonyl (C=O) groups excluding carboxylic acids is 2. The molecular weight excluding hydrogens is 401 g/mol. The smallest absolute Gasteiger partial charge is 0.251 e. The van der Waals surface area contributed by atoms with Crippen molar-refractivity contribution in [2.75, 3.05) is 25.0 Å². The number of aryl methyl sites for hydroxylation is 1. The normalized spacial score (nSPS) is 15.6. The summed E-state index contributed by atoms with van der Waals surface area (Å²) in [6.45, 7) is 3.26. The van der Waals surface area contributed by atoms with E-state index in [0.29, 0.717) is 36.7 Å². The molecule has 154 valence electrons. The lowest BCUT2D eigenvalue weighted by molar-refractivity contribution is -0.116. The third kappa shape index (κ3) is 7.50. The highest BCUT2D eigenvalue weighted by Gasteiger charge is 2.15. The van der Waals surface area contributed by atoms with Crippen LogP contribution in [0.3, 0.4) is 0 Å². The van der Waals surface area contributed by atoms with Gasteiger partial charge in [-0.15, -0.1) is 24.8 Å². The summed E-state index contributed by atoms with van der Waals surface area (Å²) >= 11 is 0. The van der Waals surface area contributed by atoms with Gasteiger partial charge in [-0.25, -0.2) is 4.98 Å². The van der Waals surface area contributed by atoms with Gasteiger partial charge in [-0.2, -0.15) is 0 Å². The Morgan fingerprint density at radius 2 is 2.14 bits per heavy atom. The summed E-state index contributed by atoms with van der Waals surface area (Å²) in [5.74, 6) is 0.286. The molecule has 2 amide bonds. The molecule has 1 aromatic carbocycles. The maximum absolute atomic E-state index is 12.4. The lowest BCUT2D eigenvalue weighted by atomic mass is 9.99. The largest absolute Gasteiger partial charge is 0.352 e. The fourth-order valence-corrected chi connectivity index (χ4v) is 3.05. The molecule has 2 aromatic rings. The molecule has 0 bridgehead atoms. The van der Waals surface area contributed by atoms with E-state index in [0.717, 1.165) is 25.9 Å². The van der Waals surface area contributed by atoms with Gasteiger partial charge in [-0.3, -0.25) is 9.59 Å². The fourth-order valence-electron chi connectivity index (χ4n) is 3.05.